The van der Waals surface area contributed by atoms with Crippen LogP contribution in [0.15, 0.2) is 54.7 Å². The van der Waals surface area contributed by atoms with Crippen molar-refractivity contribution in [2.24, 2.45) is 0 Å². The molecule has 0 bridgehead atoms. The van der Waals surface area contributed by atoms with Crippen LogP contribution in [0.2, 0.25) is 0 Å². The molecule has 34 heavy (non-hydrogen) atoms. The van der Waals surface area contributed by atoms with Crippen molar-refractivity contribution in [3.63, 3.8) is 0 Å². The lowest BCUT2D eigenvalue weighted by atomic mass is 9.82. The van der Waals surface area contributed by atoms with Crippen molar-refractivity contribution in [2.45, 2.75) is 31.1 Å². The largest absolute Gasteiger partial charge is 0.454 e. The predicted octanol–water partition coefficient (Wildman–Crippen LogP) is 1.89. The summed E-state index contributed by atoms with van der Waals surface area (Å²) in [7, 11) is 0. The SMILES string of the molecule is CC(C)c1ccc2c(c1)OC1(O)c3cccc(N)c3C(=O)C21NC(=O)c1cccn2nnnc12. The number of tetrazole rings is 1. The smallest absolute Gasteiger partial charge is 0.271 e. The van der Waals surface area contributed by atoms with Gasteiger partial charge in [-0.05, 0) is 46.2 Å². The molecule has 4 aromatic rings. The molecule has 2 aliphatic rings. The Morgan fingerprint density at radius 3 is 2.79 bits per heavy atom. The van der Waals surface area contributed by atoms with Crippen LogP contribution >= 0.6 is 0 Å². The van der Waals surface area contributed by atoms with E-state index < -0.39 is 23.0 Å². The van der Waals surface area contributed by atoms with Crippen LogP contribution in [0.5, 0.6) is 5.75 Å². The molecule has 0 saturated carbocycles. The molecule has 2 aromatic carbocycles. The van der Waals surface area contributed by atoms with Crippen molar-refractivity contribution in [3.8, 4) is 5.75 Å². The van der Waals surface area contributed by atoms with Crippen LogP contribution < -0.4 is 15.8 Å². The van der Waals surface area contributed by atoms with E-state index in [0.29, 0.717) is 11.3 Å². The Bertz CT molecular complexity index is 1530. The molecule has 2 atom stereocenters. The number of nitrogens with zero attached hydrogens (tertiary/aromatic N) is 4. The molecule has 2 aromatic heterocycles. The standard InChI is InChI=1S/C24H20N6O4/c1-12(2)13-8-9-15-18(11-13)34-24(33)16-6-3-7-17(25)19(16)20(31)23(15,24)26-22(32)14-5-4-10-30-21(14)27-28-29-30/h3-12,33H,25H2,1-2H3,(H,26,32). The van der Waals surface area contributed by atoms with E-state index in [4.69, 9.17) is 10.5 Å². The first-order valence-corrected chi connectivity index (χ1v) is 10.8. The number of aromatic nitrogens is 4. The lowest BCUT2D eigenvalue weighted by Crippen LogP contribution is -2.60. The highest BCUT2D eigenvalue weighted by Crippen LogP contribution is 2.59. The highest BCUT2D eigenvalue weighted by molar-refractivity contribution is 6.16. The maximum atomic E-state index is 14.0. The highest BCUT2D eigenvalue weighted by atomic mass is 16.6. The minimum absolute atomic E-state index is 0.117. The number of anilines is 1. The second-order valence-corrected chi connectivity index (χ2v) is 8.83. The molecule has 170 valence electrons. The molecule has 10 nitrogen and oxygen atoms in total. The molecule has 6 rings (SSSR count). The molecule has 3 heterocycles. The maximum absolute atomic E-state index is 14.0. The van der Waals surface area contributed by atoms with E-state index >= 15 is 0 Å². The molecule has 1 aliphatic carbocycles. The highest BCUT2D eigenvalue weighted by Gasteiger charge is 2.72. The zero-order chi connectivity index (χ0) is 23.8. The Morgan fingerprint density at radius 2 is 2.00 bits per heavy atom. The number of carbonyl (C=O) groups excluding carboxylic acids is 2. The fourth-order valence-corrected chi connectivity index (χ4v) is 4.93. The van der Waals surface area contributed by atoms with Gasteiger partial charge in [-0.1, -0.05) is 38.1 Å². The van der Waals surface area contributed by atoms with E-state index in [0.717, 1.165) is 5.56 Å². The molecule has 0 saturated heterocycles. The molecule has 2 unspecified atom stereocenters. The van der Waals surface area contributed by atoms with Crippen LogP contribution in [0.25, 0.3) is 5.65 Å². The van der Waals surface area contributed by atoms with E-state index in [9.17, 15) is 14.7 Å². The quantitative estimate of drug-likeness (QED) is 0.396. The number of ether oxygens (including phenoxy) is 1. The first-order chi connectivity index (χ1) is 16.3. The number of amides is 1. The lowest BCUT2D eigenvalue weighted by molar-refractivity contribution is -0.169. The fraction of sp³-hybridized carbons (Fsp3) is 0.208. The van der Waals surface area contributed by atoms with Crippen molar-refractivity contribution in [1.29, 1.82) is 0 Å². The summed E-state index contributed by atoms with van der Waals surface area (Å²) in [5.41, 5.74) is 6.33. The fourth-order valence-electron chi connectivity index (χ4n) is 4.93. The van der Waals surface area contributed by atoms with E-state index in [1.807, 2.05) is 19.9 Å². The number of hydrogen-bond acceptors (Lipinski definition) is 8. The number of hydrogen-bond donors (Lipinski definition) is 3. The van der Waals surface area contributed by atoms with Crippen LogP contribution in [0.4, 0.5) is 5.69 Å². The predicted molar refractivity (Wildman–Crippen MR) is 120 cm³/mol. The van der Waals surface area contributed by atoms with E-state index in [-0.39, 0.29) is 33.9 Å². The summed E-state index contributed by atoms with van der Waals surface area (Å²) >= 11 is 0. The Hall–Kier alpha value is -4.31. The van der Waals surface area contributed by atoms with Gasteiger partial charge in [0.15, 0.2) is 5.65 Å². The van der Waals surface area contributed by atoms with Gasteiger partial charge in [0.25, 0.3) is 11.7 Å². The van der Waals surface area contributed by atoms with Gasteiger partial charge in [0, 0.05) is 23.0 Å². The number of Topliss-reactive ketones (excluding diaryl/α,β-unsaturated/α-hetero) is 1. The zero-order valence-corrected chi connectivity index (χ0v) is 18.3. The minimum Gasteiger partial charge on any atom is -0.454 e. The number of nitrogens with one attached hydrogen (secondary N) is 1. The number of nitrogens with two attached hydrogens (primary N) is 1. The van der Waals surface area contributed by atoms with Gasteiger partial charge in [0.2, 0.25) is 11.3 Å². The summed E-state index contributed by atoms with van der Waals surface area (Å²) in [5, 5.41) is 26.1. The summed E-state index contributed by atoms with van der Waals surface area (Å²) in [6.07, 6.45) is 1.60. The van der Waals surface area contributed by atoms with Gasteiger partial charge in [-0.25, -0.2) is 0 Å². The third kappa shape index (κ3) is 2.35. The molecule has 1 amide bonds. The third-order valence-electron chi connectivity index (χ3n) is 6.64. The summed E-state index contributed by atoms with van der Waals surface area (Å²) in [6, 6.07) is 13.3. The van der Waals surface area contributed by atoms with Crippen LogP contribution in [-0.2, 0) is 11.3 Å². The summed E-state index contributed by atoms with van der Waals surface area (Å²) < 4.78 is 7.44. The van der Waals surface area contributed by atoms with E-state index in [1.165, 1.54) is 10.6 Å². The number of carbonyl (C=O) groups is 2. The van der Waals surface area contributed by atoms with Crippen molar-refractivity contribution >= 4 is 23.0 Å². The van der Waals surface area contributed by atoms with Crippen molar-refractivity contribution in [2.75, 3.05) is 5.73 Å². The van der Waals surface area contributed by atoms with E-state index in [2.05, 4.69) is 20.8 Å². The molecule has 4 N–H and O–H groups in total. The maximum Gasteiger partial charge on any atom is 0.271 e. The summed E-state index contributed by atoms with van der Waals surface area (Å²) in [6.45, 7) is 4.05. The van der Waals surface area contributed by atoms with E-state index in [1.54, 1.807) is 42.6 Å². The Kier molecular flexibility index (Phi) is 3.95. The second-order valence-electron chi connectivity index (χ2n) is 8.83. The molecular weight excluding hydrogens is 436 g/mol. The first-order valence-electron chi connectivity index (χ1n) is 10.8. The first kappa shape index (κ1) is 20.3. The topological polar surface area (TPSA) is 145 Å². The summed E-state index contributed by atoms with van der Waals surface area (Å²) in [5.74, 6) is -2.90. The minimum atomic E-state index is -2.20. The van der Waals surface area contributed by atoms with Gasteiger partial charge in [-0.15, -0.1) is 5.10 Å². The normalized spacial score (nSPS) is 22.4. The molecule has 10 heteroatoms. The van der Waals surface area contributed by atoms with Gasteiger partial charge in [0.05, 0.1) is 11.1 Å². The summed E-state index contributed by atoms with van der Waals surface area (Å²) in [4.78, 5) is 27.6. The average molecular weight is 456 g/mol. The van der Waals surface area contributed by atoms with Crippen LogP contribution in [0.1, 0.15) is 57.2 Å². The van der Waals surface area contributed by atoms with Crippen LogP contribution in [-0.4, -0.2) is 36.8 Å². The molecule has 0 spiro atoms. The third-order valence-corrected chi connectivity index (χ3v) is 6.64. The number of aliphatic hydroxyl groups is 1. The Labute approximate surface area is 193 Å². The zero-order valence-electron chi connectivity index (χ0n) is 18.3. The number of nitrogen functional groups attached to an aromatic ring is 1. The average Bonchev–Trinajstić information content (AvgIpc) is 3.44. The molecule has 0 radical (unpaired) electrons. The molecule has 1 aliphatic heterocycles. The second kappa shape index (κ2) is 6.61. The molecule has 0 fully saturated rings. The Balaban J connectivity index is 1.58. The van der Waals surface area contributed by atoms with Gasteiger partial charge in [0.1, 0.15) is 5.75 Å². The van der Waals surface area contributed by atoms with Gasteiger partial charge in [-0.2, -0.15) is 4.52 Å². The van der Waals surface area contributed by atoms with Crippen molar-refractivity contribution in [1.82, 2.24) is 25.4 Å². The monoisotopic (exact) mass is 456 g/mol. The Morgan fingerprint density at radius 1 is 1.18 bits per heavy atom. The van der Waals surface area contributed by atoms with Gasteiger partial charge >= 0.3 is 0 Å². The van der Waals surface area contributed by atoms with Crippen molar-refractivity contribution in [3.05, 3.63) is 82.5 Å². The number of rotatable bonds is 3. The number of ketones is 1. The van der Waals surface area contributed by atoms with Crippen LogP contribution in [0.3, 0.4) is 0 Å². The van der Waals surface area contributed by atoms with Gasteiger partial charge in [-0.3, -0.25) is 9.59 Å². The van der Waals surface area contributed by atoms with Crippen LogP contribution in [0, 0.1) is 0 Å². The molecular formula is C24H20N6O4. The lowest BCUT2D eigenvalue weighted by Gasteiger charge is -2.34. The number of benzene rings is 2. The number of pyridine rings is 1. The number of fused-ring (bicyclic) bond motifs is 6. The van der Waals surface area contributed by atoms with Crippen molar-refractivity contribution < 1.29 is 19.4 Å². The van der Waals surface area contributed by atoms with Gasteiger partial charge < -0.3 is 20.9 Å².